The van der Waals surface area contributed by atoms with E-state index >= 15 is 0 Å². The Labute approximate surface area is 166 Å². The van der Waals surface area contributed by atoms with Gasteiger partial charge in [-0.15, -0.1) is 0 Å². The Bertz CT molecular complexity index is 739. The molecule has 2 amide bonds. The summed E-state index contributed by atoms with van der Waals surface area (Å²) in [6.45, 7) is 7.86. The van der Waals surface area contributed by atoms with Gasteiger partial charge in [0, 0.05) is 13.1 Å². The number of ether oxygens (including phenoxy) is 2. The fraction of sp³-hybridized carbons (Fsp3) is 0.364. The van der Waals surface area contributed by atoms with Crippen LogP contribution in [0.5, 0.6) is 11.5 Å². The molecule has 2 aromatic carbocycles. The van der Waals surface area contributed by atoms with Crippen molar-refractivity contribution in [3.05, 3.63) is 59.7 Å². The van der Waals surface area contributed by atoms with Crippen LogP contribution in [-0.2, 0) is 9.59 Å². The van der Waals surface area contributed by atoms with E-state index in [1.807, 2.05) is 62.4 Å². The first-order chi connectivity index (χ1) is 13.4. The van der Waals surface area contributed by atoms with E-state index in [1.165, 1.54) is 0 Å². The van der Waals surface area contributed by atoms with Crippen molar-refractivity contribution in [2.45, 2.75) is 39.9 Å². The number of nitrogens with one attached hydrogen (secondary N) is 2. The molecular weight excluding hydrogens is 356 g/mol. The van der Waals surface area contributed by atoms with Crippen molar-refractivity contribution < 1.29 is 19.1 Å². The van der Waals surface area contributed by atoms with Crippen LogP contribution in [0.2, 0.25) is 0 Å². The van der Waals surface area contributed by atoms with Gasteiger partial charge < -0.3 is 20.1 Å². The molecule has 0 saturated carbocycles. The third kappa shape index (κ3) is 6.30. The Morgan fingerprint density at radius 2 is 1.11 bits per heavy atom. The largest absolute Gasteiger partial charge is 0.481 e. The summed E-state index contributed by atoms with van der Waals surface area (Å²) in [6, 6.07) is 15.1. The maximum Gasteiger partial charge on any atom is 0.260 e. The molecule has 2 rings (SSSR count). The zero-order valence-corrected chi connectivity index (χ0v) is 16.8. The van der Waals surface area contributed by atoms with Gasteiger partial charge in [-0.1, -0.05) is 36.4 Å². The van der Waals surface area contributed by atoms with Gasteiger partial charge >= 0.3 is 0 Å². The Hall–Kier alpha value is -3.02. The molecule has 28 heavy (non-hydrogen) atoms. The maximum atomic E-state index is 12.1. The highest BCUT2D eigenvalue weighted by atomic mass is 16.5. The number of hydrogen-bond acceptors (Lipinski definition) is 4. The highest BCUT2D eigenvalue weighted by Gasteiger charge is 2.17. The van der Waals surface area contributed by atoms with E-state index in [4.69, 9.17) is 9.47 Å². The lowest BCUT2D eigenvalue weighted by molar-refractivity contribution is -0.129. The van der Waals surface area contributed by atoms with E-state index in [1.54, 1.807) is 13.8 Å². The standard InChI is InChI=1S/C22H28N2O4/c1-15-9-5-7-11-19(15)27-17(3)21(25)23-13-14-24-22(26)18(4)28-20-12-8-6-10-16(20)2/h5-12,17-18H,13-14H2,1-4H3,(H,23,25)(H,24,26)/t17-,18+. The Morgan fingerprint density at radius 1 is 0.750 bits per heavy atom. The topological polar surface area (TPSA) is 76.7 Å². The van der Waals surface area contributed by atoms with Crippen LogP contribution in [0.15, 0.2) is 48.5 Å². The SMILES string of the molecule is Cc1ccccc1O[C@@H](C)C(=O)NCCNC(=O)[C@@H](C)Oc1ccccc1C. The highest BCUT2D eigenvalue weighted by Crippen LogP contribution is 2.18. The van der Waals surface area contributed by atoms with E-state index in [-0.39, 0.29) is 11.8 Å². The van der Waals surface area contributed by atoms with Crippen molar-refractivity contribution in [2.24, 2.45) is 0 Å². The van der Waals surface area contributed by atoms with Crippen LogP contribution in [0.25, 0.3) is 0 Å². The first kappa shape index (κ1) is 21.3. The van der Waals surface area contributed by atoms with Crippen molar-refractivity contribution in [2.75, 3.05) is 13.1 Å². The molecule has 6 heteroatoms. The first-order valence-electron chi connectivity index (χ1n) is 9.38. The van der Waals surface area contributed by atoms with Gasteiger partial charge in [0.05, 0.1) is 0 Å². The number of rotatable bonds is 9. The van der Waals surface area contributed by atoms with Gasteiger partial charge in [-0.3, -0.25) is 9.59 Å². The van der Waals surface area contributed by atoms with Crippen molar-refractivity contribution in [1.29, 1.82) is 0 Å². The van der Waals surface area contributed by atoms with Crippen molar-refractivity contribution >= 4 is 11.8 Å². The van der Waals surface area contributed by atoms with Crippen LogP contribution < -0.4 is 20.1 Å². The van der Waals surface area contributed by atoms with Gasteiger partial charge in [-0.25, -0.2) is 0 Å². The normalized spacial score (nSPS) is 12.6. The van der Waals surface area contributed by atoms with Crippen LogP contribution in [0.3, 0.4) is 0 Å². The Kier molecular flexibility index (Phi) is 7.87. The number of hydrogen-bond donors (Lipinski definition) is 2. The summed E-state index contributed by atoms with van der Waals surface area (Å²) < 4.78 is 11.4. The van der Waals surface area contributed by atoms with Crippen LogP contribution in [0, 0.1) is 13.8 Å². The van der Waals surface area contributed by atoms with Crippen LogP contribution in [0.1, 0.15) is 25.0 Å². The summed E-state index contributed by atoms with van der Waals surface area (Å²) in [5.41, 5.74) is 1.94. The molecule has 2 atom stereocenters. The van der Waals surface area contributed by atoms with E-state index in [0.29, 0.717) is 24.6 Å². The number of carbonyl (C=O) groups is 2. The van der Waals surface area contributed by atoms with Crippen molar-refractivity contribution in [3.8, 4) is 11.5 Å². The van der Waals surface area contributed by atoms with Gasteiger partial charge in [-0.2, -0.15) is 0 Å². The van der Waals surface area contributed by atoms with Crippen LogP contribution in [0.4, 0.5) is 0 Å². The molecule has 0 radical (unpaired) electrons. The van der Waals surface area contributed by atoms with E-state index in [9.17, 15) is 9.59 Å². The number of para-hydroxylation sites is 2. The number of aryl methyl sites for hydroxylation is 2. The number of benzene rings is 2. The molecule has 0 spiro atoms. The molecule has 0 saturated heterocycles. The molecule has 0 bridgehead atoms. The van der Waals surface area contributed by atoms with Gasteiger partial charge in [0.2, 0.25) is 0 Å². The van der Waals surface area contributed by atoms with Crippen molar-refractivity contribution in [3.63, 3.8) is 0 Å². The molecule has 150 valence electrons. The van der Waals surface area contributed by atoms with Crippen LogP contribution >= 0.6 is 0 Å². The molecule has 0 aliphatic heterocycles. The first-order valence-corrected chi connectivity index (χ1v) is 9.38. The average Bonchev–Trinajstić information content (AvgIpc) is 2.68. The lowest BCUT2D eigenvalue weighted by Crippen LogP contribution is -2.43. The molecule has 0 aliphatic rings. The summed E-state index contributed by atoms with van der Waals surface area (Å²) in [4.78, 5) is 24.3. The lowest BCUT2D eigenvalue weighted by atomic mass is 10.2. The van der Waals surface area contributed by atoms with Gasteiger partial charge in [-0.05, 0) is 51.0 Å². The smallest absolute Gasteiger partial charge is 0.260 e. The average molecular weight is 384 g/mol. The summed E-state index contributed by atoms with van der Waals surface area (Å²) in [7, 11) is 0. The monoisotopic (exact) mass is 384 g/mol. The molecule has 0 aliphatic carbocycles. The fourth-order valence-electron chi connectivity index (χ4n) is 2.52. The third-order valence-corrected chi connectivity index (χ3v) is 4.26. The second-order valence-corrected chi connectivity index (χ2v) is 6.63. The van der Waals surface area contributed by atoms with Crippen molar-refractivity contribution in [1.82, 2.24) is 10.6 Å². The van der Waals surface area contributed by atoms with Gasteiger partial charge in [0.25, 0.3) is 11.8 Å². The number of carbonyl (C=O) groups excluding carboxylic acids is 2. The molecule has 0 fully saturated rings. The van der Waals surface area contributed by atoms with E-state index < -0.39 is 12.2 Å². The molecule has 6 nitrogen and oxygen atoms in total. The quantitative estimate of drug-likeness (QED) is 0.652. The highest BCUT2D eigenvalue weighted by molar-refractivity contribution is 5.82. The molecule has 0 heterocycles. The van der Waals surface area contributed by atoms with E-state index in [2.05, 4.69) is 10.6 Å². The summed E-state index contributed by atoms with van der Waals surface area (Å²) in [5, 5.41) is 5.51. The second kappa shape index (κ2) is 10.3. The predicted molar refractivity (Wildman–Crippen MR) is 109 cm³/mol. The maximum absolute atomic E-state index is 12.1. The molecule has 2 aromatic rings. The fourth-order valence-corrected chi connectivity index (χ4v) is 2.52. The molecule has 0 aromatic heterocycles. The predicted octanol–water partition coefficient (Wildman–Crippen LogP) is 2.77. The van der Waals surface area contributed by atoms with Gasteiger partial charge in [0.15, 0.2) is 12.2 Å². The summed E-state index contributed by atoms with van der Waals surface area (Å²) in [6.07, 6.45) is -1.25. The Balaban J connectivity index is 1.69. The third-order valence-electron chi connectivity index (χ3n) is 4.26. The second-order valence-electron chi connectivity index (χ2n) is 6.63. The number of amides is 2. The Morgan fingerprint density at radius 3 is 1.46 bits per heavy atom. The zero-order chi connectivity index (χ0) is 20.5. The summed E-state index contributed by atoms with van der Waals surface area (Å²) in [5.74, 6) is 0.893. The van der Waals surface area contributed by atoms with Gasteiger partial charge in [0.1, 0.15) is 11.5 Å². The zero-order valence-electron chi connectivity index (χ0n) is 16.8. The van der Waals surface area contributed by atoms with E-state index in [0.717, 1.165) is 11.1 Å². The molecule has 0 unspecified atom stereocenters. The minimum atomic E-state index is -0.625. The minimum Gasteiger partial charge on any atom is -0.481 e. The lowest BCUT2D eigenvalue weighted by Gasteiger charge is -2.17. The molecular formula is C22H28N2O4. The minimum absolute atomic E-state index is 0.235. The van der Waals surface area contributed by atoms with Crippen LogP contribution in [-0.4, -0.2) is 37.1 Å². The molecule has 2 N–H and O–H groups in total. The summed E-state index contributed by atoms with van der Waals surface area (Å²) >= 11 is 0.